The van der Waals surface area contributed by atoms with Crippen LogP contribution >= 0.6 is 0 Å². The minimum Gasteiger partial charge on any atom is -0.400 e. The summed E-state index contributed by atoms with van der Waals surface area (Å²) >= 11 is 0. The summed E-state index contributed by atoms with van der Waals surface area (Å²) in [4.78, 5) is 26.9. The highest BCUT2D eigenvalue weighted by Gasteiger charge is 2.38. The fourth-order valence-electron chi connectivity index (χ4n) is 3.65. The first-order valence-electron chi connectivity index (χ1n) is 10.4. The molecule has 5 nitrogen and oxygen atoms in total. The van der Waals surface area contributed by atoms with E-state index in [1.54, 1.807) is 54.3 Å². The molecule has 1 aliphatic heterocycles. The molecule has 0 radical (unpaired) electrons. The topological polar surface area (TPSA) is 69.6 Å². The Morgan fingerprint density at radius 1 is 1.15 bits per heavy atom. The van der Waals surface area contributed by atoms with Crippen molar-refractivity contribution in [2.24, 2.45) is 0 Å². The second-order valence-corrected chi connectivity index (χ2v) is 7.33. The zero-order valence-corrected chi connectivity index (χ0v) is 18.7. The predicted octanol–water partition coefficient (Wildman–Crippen LogP) is 4.81. The minimum absolute atomic E-state index is 0.113. The molecule has 33 heavy (non-hydrogen) atoms. The molecule has 1 unspecified atom stereocenters. The normalized spacial score (nSPS) is 15.2. The van der Waals surface area contributed by atoms with Crippen molar-refractivity contribution >= 4 is 11.8 Å². The molecule has 174 valence electrons. The number of amides is 2. The van der Waals surface area contributed by atoms with Gasteiger partial charge in [0, 0.05) is 36.9 Å². The third-order valence-electron chi connectivity index (χ3n) is 5.09. The third-order valence-corrected chi connectivity index (χ3v) is 5.09. The highest BCUT2D eigenvalue weighted by Crippen LogP contribution is 2.39. The molecule has 1 aliphatic rings. The maximum atomic E-state index is 14.6. The van der Waals surface area contributed by atoms with Crippen molar-refractivity contribution in [3.05, 3.63) is 107 Å². The monoisotopic (exact) mass is 454 g/mol. The zero-order valence-electron chi connectivity index (χ0n) is 18.7. The lowest BCUT2D eigenvalue weighted by Gasteiger charge is -2.25. The molecule has 2 aromatic carbocycles. The standard InChI is InChI=1S/C25H24F2N2O2.CH4O/c1-3-4-5-7-17(2)28-23(30)15-14-22-24-20(8-6-9-21(24)27)25(31)29(22)16-18-10-12-19(26)13-11-18;1-2/h3-13,22H,1,14-16H2,2H3,(H,28,30);2H,1H3/b5-4-,17-7+;. The van der Waals surface area contributed by atoms with Gasteiger partial charge in [-0.05, 0) is 49.2 Å². The van der Waals surface area contributed by atoms with Crippen LogP contribution in [0.5, 0.6) is 0 Å². The molecule has 1 heterocycles. The number of carbonyl (C=O) groups excluding carboxylic acids is 2. The smallest absolute Gasteiger partial charge is 0.255 e. The van der Waals surface area contributed by atoms with Crippen LogP contribution in [-0.4, -0.2) is 28.9 Å². The number of carbonyl (C=O) groups is 2. The van der Waals surface area contributed by atoms with Crippen LogP contribution in [0, 0.1) is 11.6 Å². The van der Waals surface area contributed by atoms with E-state index in [0.717, 1.165) is 12.7 Å². The number of rotatable bonds is 8. The van der Waals surface area contributed by atoms with Crippen LogP contribution in [0.1, 0.15) is 47.3 Å². The van der Waals surface area contributed by atoms with Gasteiger partial charge in [0.15, 0.2) is 0 Å². The van der Waals surface area contributed by atoms with E-state index in [2.05, 4.69) is 11.9 Å². The summed E-state index contributed by atoms with van der Waals surface area (Å²) in [5.41, 5.74) is 2.01. The second-order valence-electron chi connectivity index (χ2n) is 7.33. The van der Waals surface area contributed by atoms with E-state index in [9.17, 15) is 18.4 Å². The first-order valence-corrected chi connectivity index (χ1v) is 10.4. The summed E-state index contributed by atoms with van der Waals surface area (Å²) in [6, 6.07) is 9.67. The first-order chi connectivity index (χ1) is 15.9. The molecule has 0 fully saturated rings. The van der Waals surface area contributed by atoms with E-state index in [1.165, 1.54) is 24.3 Å². The number of aliphatic hydroxyl groups excluding tert-OH is 1. The number of nitrogens with one attached hydrogen (secondary N) is 1. The Bertz CT molecular complexity index is 1050. The van der Waals surface area contributed by atoms with Crippen LogP contribution in [0.3, 0.4) is 0 Å². The van der Waals surface area contributed by atoms with Gasteiger partial charge in [0.1, 0.15) is 11.6 Å². The zero-order chi connectivity index (χ0) is 24.4. The fraction of sp³-hybridized carbons (Fsp3) is 0.231. The van der Waals surface area contributed by atoms with Crippen molar-refractivity contribution in [1.29, 1.82) is 0 Å². The molecule has 7 heteroatoms. The van der Waals surface area contributed by atoms with E-state index in [0.29, 0.717) is 16.8 Å². The number of allylic oxidation sites excluding steroid dienone is 5. The second kappa shape index (κ2) is 12.5. The highest BCUT2D eigenvalue weighted by atomic mass is 19.1. The van der Waals surface area contributed by atoms with Gasteiger partial charge in [-0.2, -0.15) is 0 Å². The maximum absolute atomic E-state index is 14.6. The average molecular weight is 455 g/mol. The Morgan fingerprint density at radius 3 is 2.52 bits per heavy atom. The van der Waals surface area contributed by atoms with Gasteiger partial charge in [-0.25, -0.2) is 8.78 Å². The summed E-state index contributed by atoms with van der Waals surface area (Å²) in [6.45, 7) is 5.54. The van der Waals surface area contributed by atoms with E-state index >= 15 is 0 Å². The minimum atomic E-state index is -0.579. The van der Waals surface area contributed by atoms with E-state index in [4.69, 9.17) is 5.11 Å². The van der Waals surface area contributed by atoms with E-state index < -0.39 is 11.9 Å². The van der Waals surface area contributed by atoms with Crippen LogP contribution in [0.4, 0.5) is 8.78 Å². The van der Waals surface area contributed by atoms with Crippen LogP contribution in [0.2, 0.25) is 0 Å². The molecule has 2 N–H and O–H groups in total. The van der Waals surface area contributed by atoms with Gasteiger partial charge in [0.25, 0.3) is 5.91 Å². The molecule has 1 atom stereocenters. The molecule has 3 rings (SSSR count). The Balaban J connectivity index is 0.00000187. The number of halogens is 2. The largest absolute Gasteiger partial charge is 0.400 e. The van der Waals surface area contributed by atoms with E-state index in [-0.39, 0.29) is 37.0 Å². The lowest BCUT2D eigenvalue weighted by Crippen LogP contribution is -2.29. The van der Waals surface area contributed by atoms with Crippen molar-refractivity contribution in [3.8, 4) is 0 Å². The van der Waals surface area contributed by atoms with Gasteiger partial charge in [-0.1, -0.05) is 43.0 Å². The van der Waals surface area contributed by atoms with Crippen LogP contribution in [-0.2, 0) is 11.3 Å². The van der Waals surface area contributed by atoms with Crippen LogP contribution in [0.15, 0.2) is 79.0 Å². The third kappa shape index (κ3) is 6.70. The predicted molar refractivity (Wildman–Crippen MR) is 124 cm³/mol. The van der Waals surface area contributed by atoms with Crippen molar-refractivity contribution in [1.82, 2.24) is 10.2 Å². The molecule has 0 saturated carbocycles. The molecular formula is C26H28F2N2O3. The first kappa shape index (κ1) is 25.7. The highest BCUT2D eigenvalue weighted by molar-refractivity contribution is 5.99. The van der Waals surface area contributed by atoms with Crippen molar-refractivity contribution in [3.63, 3.8) is 0 Å². The van der Waals surface area contributed by atoms with Gasteiger partial charge in [-0.15, -0.1) is 0 Å². The van der Waals surface area contributed by atoms with Crippen molar-refractivity contribution < 1.29 is 23.5 Å². The van der Waals surface area contributed by atoms with Gasteiger partial charge in [-0.3, -0.25) is 9.59 Å². The summed E-state index contributed by atoms with van der Waals surface area (Å²) in [6.07, 6.45) is 7.25. The number of fused-ring (bicyclic) bond motifs is 1. The van der Waals surface area contributed by atoms with Gasteiger partial charge in [0.05, 0.1) is 6.04 Å². The summed E-state index contributed by atoms with van der Waals surface area (Å²) in [5.74, 6) is -1.36. The molecule has 0 saturated heterocycles. The Hall–Kier alpha value is -3.58. The number of benzene rings is 2. The maximum Gasteiger partial charge on any atom is 0.255 e. The van der Waals surface area contributed by atoms with Crippen LogP contribution in [0.25, 0.3) is 0 Å². The number of hydrogen-bond acceptors (Lipinski definition) is 3. The number of aliphatic hydroxyl groups is 1. The summed E-state index contributed by atoms with van der Waals surface area (Å²) in [5, 5.41) is 9.78. The SMILES string of the molecule is C=C/C=C\C=C(/C)NC(=O)CCC1c2c(F)cccc2C(=O)N1Cc1ccc(F)cc1.CO. The fourth-order valence-corrected chi connectivity index (χ4v) is 3.65. The summed E-state index contributed by atoms with van der Waals surface area (Å²) < 4.78 is 27.9. The van der Waals surface area contributed by atoms with Crippen molar-refractivity contribution in [2.75, 3.05) is 7.11 Å². The molecule has 0 spiro atoms. The van der Waals surface area contributed by atoms with Gasteiger partial charge < -0.3 is 15.3 Å². The molecule has 0 aromatic heterocycles. The quantitative estimate of drug-likeness (QED) is 0.563. The Kier molecular flexibility index (Phi) is 9.69. The molecular weight excluding hydrogens is 426 g/mol. The summed E-state index contributed by atoms with van der Waals surface area (Å²) in [7, 11) is 1.00. The average Bonchev–Trinajstić information content (AvgIpc) is 3.07. The van der Waals surface area contributed by atoms with Crippen LogP contribution < -0.4 is 5.32 Å². The van der Waals surface area contributed by atoms with Gasteiger partial charge >= 0.3 is 0 Å². The molecule has 0 aliphatic carbocycles. The van der Waals surface area contributed by atoms with Crippen molar-refractivity contribution in [2.45, 2.75) is 32.4 Å². The number of hydrogen-bond donors (Lipinski definition) is 2. The van der Waals surface area contributed by atoms with E-state index in [1.807, 2.05) is 0 Å². The molecule has 0 bridgehead atoms. The lowest BCUT2D eigenvalue weighted by molar-refractivity contribution is -0.120. The molecule has 2 aromatic rings. The Morgan fingerprint density at radius 2 is 1.85 bits per heavy atom. The number of nitrogens with zero attached hydrogens (tertiary/aromatic N) is 1. The van der Waals surface area contributed by atoms with Gasteiger partial charge in [0.2, 0.25) is 5.91 Å². The molecule has 2 amide bonds. The lowest BCUT2D eigenvalue weighted by atomic mass is 9.99. The Labute approximate surface area is 192 Å².